The molecule has 3 rings (SSSR count). The molecule has 0 saturated carbocycles. The summed E-state index contributed by atoms with van der Waals surface area (Å²) in [5.74, 6) is -0.125. The average Bonchev–Trinajstić information content (AvgIpc) is 3.17. The normalized spacial score (nSPS) is 26.0. The van der Waals surface area contributed by atoms with E-state index in [0.29, 0.717) is 6.54 Å². The van der Waals surface area contributed by atoms with Gasteiger partial charge in [0.1, 0.15) is 0 Å². The molecule has 27 heavy (non-hydrogen) atoms. The summed E-state index contributed by atoms with van der Waals surface area (Å²) in [5, 5.41) is 6.49. The van der Waals surface area contributed by atoms with Gasteiger partial charge in [-0.2, -0.15) is 0 Å². The predicted octanol–water partition coefficient (Wildman–Crippen LogP) is 1.53. The van der Waals surface area contributed by atoms with E-state index in [4.69, 9.17) is 5.73 Å². The van der Waals surface area contributed by atoms with Crippen LogP contribution in [0.5, 0.6) is 0 Å². The standard InChI is InChI=1S/C21H32N4O2/c1-2-21(9-5-10-24-21)20(27)23-13-16-6-3-7-17(12-16)14-25-11-4-8-18(15-25)19(22)26/h3,6-7,12,18,24H,2,4-5,8-11,13-15H2,1H3,(H2,22,26)(H,23,27). The van der Waals surface area contributed by atoms with Crippen LogP contribution in [0.4, 0.5) is 0 Å². The molecule has 6 nitrogen and oxygen atoms in total. The van der Waals surface area contributed by atoms with Gasteiger partial charge in [0.2, 0.25) is 11.8 Å². The van der Waals surface area contributed by atoms with E-state index in [-0.39, 0.29) is 17.7 Å². The van der Waals surface area contributed by atoms with E-state index in [2.05, 4.69) is 34.6 Å². The summed E-state index contributed by atoms with van der Waals surface area (Å²) in [6, 6.07) is 8.34. The number of nitrogens with zero attached hydrogens (tertiary/aromatic N) is 1. The van der Waals surface area contributed by atoms with Gasteiger partial charge in [0, 0.05) is 19.6 Å². The first-order chi connectivity index (χ1) is 13.0. The molecule has 2 heterocycles. The summed E-state index contributed by atoms with van der Waals surface area (Å²) in [5.41, 5.74) is 7.39. The second-order valence-corrected chi connectivity index (χ2v) is 7.95. The lowest BCUT2D eigenvalue weighted by atomic mass is 9.93. The number of nitrogens with one attached hydrogen (secondary N) is 2. The first-order valence-electron chi connectivity index (χ1n) is 10.2. The molecule has 2 unspecified atom stereocenters. The second kappa shape index (κ2) is 8.85. The molecule has 2 saturated heterocycles. The maximum atomic E-state index is 12.6. The maximum Gasteiger partial charge on any atom is 0.240 e. The van der Waals surface area contributed by atoms with Gasteiger partial charge in [-0.3, -0.25) is 14.5 Å². The van der Waals surface area contributed by atoms with E-state index in [9.17, 15) is 9.59 Å². The van der Waals surface area contributed by atoms with Crippen LogP contribution in [0.1, 0.15) is 50.2 Å². The number of hydrogen-bond donors (Lipinski definition) is 3. The van der Waals surface area contributed by atoms with Gasteiger partial charge in [0.15, 0.2) is 0 Å². The second-order valence-electron chi connectivity index (χ2n) is 7.95. The van der Waals surface area contributed by atoms with Gasteiger partial charge in [0.05, 0.1) is 11.5 Å². The predicted molar refractivity (Wildman–Crippen MR) is 106 cm³/mol. The number of rotatable bonds is 7. The number of likely N-dealkylation sites (tertiary alicyclic amines) is 1. The molecular weight excluding hydrogens is 340 g/mol. The molecule has 0 radical (unpaired) electrons. The summed E-state index contributed by atoms with van der Waals surface area (Å²) in [7, 11) is 0. The highest BCUT2D eigenvalue weighted by Gasteiger charge is 2.38. The summed E-state index contributed by atoms with van der Waals surface area (Å²) in [6.07, 6.45) is 4.68. The van der Waals surface area contributed by atoms with Gasteiger partial charge in [-0.05, 0) is 56.3 Å². The molecule has 6 heteroatoms. The molecular formula is C21H32N4O2. The number of piperidine rings is 1. The third-order valence-corrected chi connectivity index (χ3v) is 6.04. The Kier molecular flexibility index (Phi) is 6.50. The minimum absolute atomic E-state index is 0.0367. The Morgan fingerprint density at radius 1 is 1.33 bits per heavy atom. The van der Waals surface area contributed by atoms with Crippen molar-refractivity contribution >= 4 is 11.8 Å². The quantitative estimate of drug-likeness (QED) is 0.677. The highest BCUT2D eigenvalue weighted by molar-refractivity contribution is 5.86. The summed E-state index contributed by atoms with van der Waals surface area (Å²) < 4.78 is 0. The number of primary amides is 1. The third-order valence-electron chi connectivity index (χ3n) is 6.04. The van der Waals surface area contributed by atoms with Crippen molar-refractivity contribution in [2.45, 2.75) is 57.7 Å². The zero-order valence-corrected chi connectivity index (χ0v) is 16.3. The van der Waals surface area contributed by atoms with Gasteiger partial charge in [-0.15, -0.1) is 0 Å². The van der Waals surface area contributed by atoms with Crippen LogP contribution in [0.3, 0.4) is 0 Å². The molecule has 2 fully saturated rings. The third kappa shape index (κ3) is 4.87. The van der Waals surface area contributed by atoms with Crippen molar-refractivity contribution < 1.29 is 9.59 Å². The van der Waals surface area contributed by atoms with E-state index in [0.717, 1.165) is 63.8 Å². The fraction of sp³-hybridized carbons (Fsp3) is 0.619. The summed E-state index contributed by atoms with van der Waals surface area (Å²) in [6.45, 7) is 6.07. The number of carbonyl (C=O) groups is 2. The Hall–Kier alpha value is -1.92. The van der Waals surface area contributed by atoms with Crippen LogP contribution in [-0.4, -0.2) is 41.9 Å². The van der Waals surface area contributed by atoms with Gasteiger partial charge in [-0.25, -0.2) is 0 Å². The van der Waals surface area contributed by atoms with E-state index in [1.54, 1.807) is 0 Å². The lowest BCUT2D eigenvalue weighted by Crippen LogP contribution is -2.52. The van der Waals surface area contributed by atoms with Gasteiger partial charge in [-0.1, -0.05) is 31.2 Å². The zero-order valence-electron chi connectivity index (χ0n) is 16.3. The minimum atomic E-state index is -0.394. The van der Waals surface area contributed by atoms with Crippen molar-refractivity contribution in [3.8, 4) is 0 Å². The fourth-order valence-electron chi connectivity index (χ4n) is 4.34. The Labute approximate surface area is 161 Å². The zero-order chi connectivity index (χ0) is 19.3. The lowest BCUT2D eigenvalue weighted by Gasteiger charge is -2.31. The van der Waals surface area contributed by atoms with Crippen molar-refractivity contribution in [2.24, 2.45) is 11.7 Å². The van der Waals surface area contributed by atoms with Crippen LogP contribution in [0.15, 0.2) is 24.3 Å². The van der Waals surface area contributed by atoms with Crippen molar-refractivity contribution in [3.05, 3.63) is 35.4 Å². The Bertz CT molecular complexity index is 670. The number of nitrogens with two attached hydrogens (primary N) is 1. The Morgan fingerprint density at radius 2 is 2.15 bits per heavy atom. The van der Waals surface area contributed by atoms with E-state index in [1.807, 2.05) is 12.1 Å². The van der Waals surface area contributed by atoms with E-state index < -0.39 is 5.54 Å². The molecule has 148 valence electrons. The molecule has 2 aliphatic heterocycles. The molecule has 4 N–H and O–H groups in total. The molecule has 2 aliphatic rings. The molecule has 0 aromatic heterocycles. The van der Waals surface area contributed by atoms with Gasteiger partial charge in [0.25, 0.3) is 0 Å². The van der Waals surface area contributed by atoms with Crippen LogP contribution in [0, 0.1) is 5.92 Å². The van der Waals surface area contributed by atoms with E-state index in [1.165, 1.54) is 5.56 Å². The summed E-state index contributed by atoms with van der Waals surface area (Å²) in [4.78, 5) is 26.4. The number of amides is 2. The van der Waals surface area contributed by atoms with E-state index >= 15 is 0 Å². The van der Waals surface area contributed by atoms with Gasteiger partial charge < -0.3 is 16.4 Å². The van der Waals surface area contributed by atoms with Gasteiger partial charge >= 0.3 is 0 Å². The fourth-order valence-corrected chi connectivity index (χ4v) is 4.34. The maximum absolute atomic E-state index is 12.6. The van der Waals surface area contributed by atoms with Crippen molar-refractivity contribution in [1.29, 1.82) is 0 Å². The topological polar surface area (TPSA) is 87.5 Å². The van der Waals surface area contributed by atoms with Crippen molar-refractivity contribution in [2.75, 3.05) is 19.6 Å². The monoisotopic (exact) mass is 372 g/mol. The molecule has 1 aromatic rings. The lowest BCUT2D eigenvalue weighted by molar-refractivity contribution is -0.127. The van der Waals surface area contributed by atoms with Crippen LogP contribution < -0.4 is 16.4 Å². The summed E-state index contributed by atoms with van der Waals surface area (Å²) >= 11 is 0. The largest absolute Gasteiger partial charge is 0.369 e. The van der Waals surface area contributed by atoms with Crippen LogP contribution >= 0.6 is 0 Å². The van der Waals surface area contributed by atoms with Crippen LogP contribution in [0.25, 0.3) is 0 Å². The average molecular weight is 373 g/mol. The van der Waals surface area contributed by atoms with Crippen molar-refractivity contribution in [3.63, 3.8) is 0 Å². The Morgan fingerprint density at radius 3 is 2.85 bits per heavy atom. The first-order valence-corrected chi connectivity index (χ1v) is 10.2. The highest BCUT2D eigenvalue weighted by atomic mass is 16.2. The minimum Gasteiger partial charge on any atom is -0.369 e. The number of hydrogen-bond acceptors (Lipinski definition) is 4. The molecule has 2 atom stereocenters. The van der Waals surface area contributed by atoms with Crippen molar-refractivity contribution in [1.82, 2.24) is 15.5 Å². The number of benzene rings is 1. The van der Waals surface area contributed by atoms with Crippen LogP contribution in [0.2, 0.25) is 0 Å². The molecule has 0 bridgehead atoms. The SMILES string of the molecule is CCC1(C(=O)NCc2cccc(CN3CCCC(C(N)=O)C3)c2)CCCN1. The smallest absolute Gasteiger partial charge is 0.240 e. The first kappa shape index (κ1) is 19.8. The molecule has 0 aliphatic carbocycles. The molecule has 2 amide bonds. The Balaban J connectivity index is 1.56. The number of carbonyl (C=O) groups excluding carboxylic acids is 2. The highest BCUT2D eigenvalue weighted by Crippen LogP contribution is 2.23. The molecule has 1 aromatic carbocycles. The molecule has 0 spiro atoms. The van der Waals surface area contributed by atoms with Crippen LogP contribution in [-0.2, 0) is 22.7 Å².